The van der Waals surface area contributed by atoms with E-state index >= 15 is 0 Å². The van der Waals surface area contributed by atoms with Crippen molar-refractivity contribution < 1.29 is 17.7 Å². The topological polar surface area (TPSA) is 93.4 Å². The zero-order valence-corrected chi connectivity index (χ0v) is 12.3. The van der Waals surface area contributed by atoms with Crippen LogP contribution >= 0.6 is 0 Å². The van der Waals surface area contributed by atoms with E-state index in [9.17, 15) is 22.9 Å². The van der Waals surface area contributed by atoms with Crippen LogP contribution in [0.3, 0.4) is 0 Å². The average molecular weight is 313 g/mol. The van der Waals surface area contributed by atoms with Crippen molar-refractivity contribution in [1.29, 1.82) is 0 Å². The lowest BCUT2D eigenvalue weighted by atomic mass is 10.1. The molecule has 0 aliphatic heterocycles. The third-order valence-electron chi connectivity index (χ3n) is 3.09. The molecule has 0 aliphatic carbocycles. The van der Waals surface area contributed by atoms with Crippen LogP contribution in [0.1, 0.15) is 5.69 Å². The molecule has 0 atom stereocenters. The van der Waals surface area contributed by atoms with Gasteiger partial charge in [-0.05, 0) is 19.1 Å². The number of halogens is 1. The minimum Gasteiger partial charge on any atom is -0.266 e. The maximum Gasteiger partial charge on any atom is 0.294 e. The van der Waals surface area contributed by atoms with Gasteiger partial charge in [0.25, 0.3) is 5.69 Å². The maximum atomic E-state index is 13.7. The lowest BCUT2D eigenvalue weighted by molar-refractivity contribution is -0.383. The van der Waals surface area contributed by atoms with Gasteiger partial charge in [-0.3, -0.25) is 14.4 Å². The Bertz CT molecular complexity index is 851. The molecule has 2 rings (SSSR count). The van der Waals surface area contributed by atoms with E-state index in [1.807, 2.05) is 0 Å². The molecule has 0 unspecified atom stereocenters. The van der Waals surface area contributed by atoms with E-state index in [2.05, 4.69) is 4.98 Å². The molecule has 0 saturated heterocycles. The summed E-state index contributed by atoms with van der Waals surface area (Å²) in [5.74, 6) is -0.661. The molecule has 0 N–H and O–H groups in total. The first-order valence-corrected chi connectivity index (χ1v) is 7.66. The Labute approximate surface area is 120 Å². The summed E-state index contributed by atoms with van der Waals surface area (Å²) in [4.78, 5) is 14.4. The highest BCUT2D eigenvalue weighted by molar-refractivity contribution is 7.92. The summed E-state index contributed by atoms with van der Waals surface area (Å²) < 4.78 is 37.9. The number of anilines is 1. The molecule has 9 heteroatoms. The van der Waals surface area contributed by atoms with Crippen molar-refractivity contribution in [2.75, 3.05) is 17.6 Å². The second-order valence-corrected chi connectivity index (χ2v) is 6.56. The standard InChI is InChI=1S/C12H12FN3O4S/c1-7-9(13)6-8-10(14-7)4-5-11(16(17)18)12(8)15(2)21(3,19)20/h4-6H,1-3H3. The van der Waals surface area contributed by atoms with Gasteiger partial charge in [0.05, 0.1) is 22.4 Å². The summed E-state index contributed by atoms with van der Waals surface area (Å²) in [6, 6.07) is 3.57. The van der Waals surface area contributed by atoms with E-state index in [1.54, 1.807) is 0 Å². The molecule has 0 fully saturated rings. The fourth-order valence-electron chi connectivity index (χ4n) is 1.94. The fourth-order valence-corrected chi connectivity index (χ4v) is 2.46. The number of nitro benzene ring substituents is 1. The van der Waals surface area contributed by atoms with Gasteiger partial charge < -0.3 is 0 Å². The number of pyridine rings is 1. The molecule has 0 saturated carbocycles. The second kappa shape index (κ2) is 4.92. The SMILES string of the molecule is Cc1nc2ccc([N+](=O)[O-])c(N(C)S(C)(=O)=O)c2cc1F. The summed E-state index contributed by atoms with van der Waals surface area (Å²) in [6.07, 6.45) is 0.910. The number of aryl methyl sites for hydroxylation is 1. The van der Waals surface area contributed by atoms with Crippen LogP contribution in [0.4, 0.5) is 15.8 Å². The van der Waals surface area contributed by atoms with Gasteiger partial charge in [-0.15, -0.1) is 0 Å². The molecule has 0 spiro atoms. The molecule has 0 bridgehead atoms. The molecular formula is C12H12FN3O4S. The number of sulfonamides is 1. The molecule has 112 valence electrons. The molecule has 7 nitrogen and oxygen atoms in total. The highest BCUT2D eigenvalue weighted by Crippen LogP contribution is 2.36. The fraction of sp³-hybridized carbons (Fsp3) is 0.250. The van der Waals surface area contributed by atoms with E-state index in [0.717, 1.165) is 22.7 Å². The Morgan fingerprint density at radius 2 is 2.00 bits per heavy atom. The third kappa shape index (κ3) is 2.64. The van der Waals surface area contributed by atoms with Crippen LogP contribution in [0.25, 0.3) is 10.9 Å². The van der Waals surface area contributed by atoms with E-state index in [-0.39, 0.29) is 22.3 Å². The maximum absolute atomic E-state index is 13.7. The molecule has 0 radical (unpaired) electrons. The largest absolute Gasteiger partial charge is 0.294 e. The van der Waals surface area contributed by atoms with Crippen LogP contribution in [0.5, 0.6) is 0 Å². The van der Waals surface area contributed by atoms with Crippen molar-refractivity contribution in [3.63, 3.8) is 0 Å². The van der Waals surface area contributed by atoms with Gasteiger partial charge in [0.1, 0.15) is 11.5 Å². The molecule has 1 aromatic carbocycles. The molecule has 1 heterocycles. The van der Waals surface area contributed by atoms with Crippen LogP contribution in [-0.2, 0) is 10.0 Å². The van der Waals surface area contributed by atoms with Crippen molar-refractivity contribution in [2.45, 2.75) is 6.92 Å². The number of hydrogen-bond donors (Lipinski definition) is 0. The van der Waals surface area contributed by atoms with E-state index in [0.29, 0.717) is 0 Å². The quantitative estimate of drug-likeness (QED) is 0.638. The van der Waals surface area contributed by atoms with Gasteiger partial charge in [0, 0.05) is 18.5 Å². The predicted octanol–water partition coefficient (Wildman–Crippen LogP) is 1.99. The van der Waals surface area contributed by atoms with Crippen molar-refractivity contribution >= 4 is 32.3 Å². The van der Waals surface area contributed by atoms with Crippen LogP contribution in [0, 0.1) is 22.9 Å². The number of hydrogen-bond acceptors (Lipinski definition) is 5. The Kier molecular flexibility index (Phi) is 3.54. The summed E-state index contributed by atoms with van der Waals surface area (Å²) >= 11 is 0. The summed E-state index contributed by atoms with van der Waals surface area (Å²) in [5.41, 5.74) is -0.221. The summed E-state index contributed by atoms with van der Waals surface area (Å²) in [7, 11) is -2.57. The first-order chi connectivity index (χ1) is 9.62. The second-order valence-electron chi connectivity index (χ2n) is 4.54. The normalized spacial score (nSPS) is 11.6. The Balaban J connectivity index is 2.95. The van der Waals surface area contributed by atoms with Gasteiger partial charge in [-0.2, -0.15) is 0 Å². The van der Waals surface area contributed by atoms with Gasteiger partial charge in [0.15, 0.2) is 0 Å². The molecule has 0 amide bonds. The summed E-state index contributed by atoms with van der Waals surface area (Å²) in [6.45, 7) is 1.45. The molecule has 2 aromatic rings. The number of aromatic nitrogens is 1. The van der Waals surface area contributed by atoms with E-state index < -0.39 is 26.5 Å². The number of nitrogens with zero attached hydrogens (tertiary/aromatic N) is 3. The molecule has 1 aromatic heterocycles. The number of benzene rings is 1. The van der Waals surface area contributed by atoms with Crippen molar-refractivity contribution in [3.05, 3.63) is 39.8 Å². The minimum atomic E-state index is -3.75. The van der Waals surface area contributed by atoms with Gasteiger partial charge in [0.2, 0.25) is 10.0 Å². The van der Waals surface area contributed by atoms with Crippen molar-refractivity contribution in [3.8, 4) is 0 Å². The van der Waals surface area contributed by atoms with Crippen molar-refractivity contribution in [2.24, 2.45) is 0 Å². The lowest BCUT2D eigenvalue weighted by Gasteiger charge is -2.18. The van der Waals surface area contributed by atoms with Crippen LogP contribution in [0.2, 0.25) is 0 Å². The zero-order valence-electron chi connectivity index (χ0n) is 11.5. The third-order valence-corrected chi connectivity index (χ3v) is 4.26. The molecular weight excluding hydrogens is 301 g/mol. The van der Waals surface area contributed by atoms with E-state index in [1.165, 1.54) is 20.0 Å². The van der Waals surface area contributed by atoms with E-state index in [4.69, 9.17) is 0 Å². The zero-order chi connectivity index (χ0) is 15.9. The van der Waals surface area contributed by atoms with Crippen molar-refractivity contribution in [1.82, 2.24) is 4.98 Å². The highest BCUT2D eigenvalue weighted by atomic mass is 32.2. The van der Waals surface area contributed by atoms with Crippen LogP contribution < -0.4 is 4.31 Å². The Hall–Kier alpha value is -2.29. The average Bonchev–Trinajstić information content (AvgIpc) is 2.36. The van der Waals surface area contributed by atoms with Gasteiger partial charge >= 0.3 is 0 Å². The smallest absolute Gasteiger partial charge is 0.266 e. The minimum absolute atomic E-state index is 0.0697. The molecule has 21 heavy (non-hydrogen) atoms. The van der Waals surface area contributed by atoms with Gasteiger partial charge in [-0.25, -0.2) is 17.8 Å². The van der Waals surface area contributed by atoms with Gasteiger partial charge in [-0.1, -0.05) is 0 Å². The number of fused-ring (bicyclic) bond motifs is 1. The molecule has 0 aliphatic rings. The predicted molar refractivity (Wildman–Crippen MR) is 76.3 cm³/mol. The first kappa shape index (κ1) is 15.1. The Morgan fingerprint density at radius 1 is 1.38 bits per heavy atom. The van der Waals surface area contributed by atoms with Crippen LogP contribution in [0.15, 0.2) is 18.2 Å². The monoisotopic (exact) mass is 313 g/mol. The number of rotatable bonds is 3. The highest BCUT2D eigenvalue weighted by Gasteiger charge is 2.26. The number of nitro groups is 1. The Morgan fingerprint density at radius 3 is 2.52 bits per heavy atom. The lowest BCUT2D eigenvalue weighted by Crippen LogP contribution is -2.26. The van der Waals surface area contributed by atoms with Crippen LogP contribution in [-0.4, -0.2) is 31.6 Å². The first-order valence-electron chi connectivity index (χ1n) is 5.81. The summed E-state index contributed by atoms with van der Waals surface area (Å²) in [5, 5.41) is 11.2.